The third-order valence-electron chi connectivity index (χ3n) is 4.69. The van der Waals surface area contributed by atoms with Crippen LogP contribution in [0.4, 0.5) is 10.5 Å². The van der Waals surface area contributed by atoms with E-state index in [0.29, 0.717) is 23.3 Å². The predicted molar refractivity (Wildman–Crippen MR) is 84.7 cm³/mol. The third-order valence-corrected chi connectivity index (χ3v) is 4.69. The van der Waals surface area contributed by atoms with Crippen molar-refractivity contribution in [1.29, 1.82) is 0 Å². The summed E-state index contributed by atoms with van der Waals surface area (Å²) in [5.41, 5.74) is 6.22. The van der Waals surface area contributed by atoms with E-state index in [1.165, 1.54) is 12.8 Å². The van der Waals surface area contributed by atoms with Gasteiger partial charge in [0.1, 0.15) is 0 Å². The van der Waals surface area contributed by atoms with Gasteiger partial charge in [-0.1, -0.05) is 6.07 Å². The van der Waals surface area contributed by atoms with Gasteiger partial charge in [-0.15, -0.1) is 0 Å². The molecule has 3 rings (SSSR count). The first-order chi connectivity index (χ1) is 10.5. The van der Waals surface area contributed by atoms with Crippen LogP contribution in [0, 0.1) is 0 Å². The Balaban J connectivity index is 1.71. The maximum Gasteiger partial charge on any atom is 0.316 e. The molecule has 4 N–H and O–H groups in total. The zero-order chi connectivity index (χ0) is 15.7. The summed E-state index contributed by atoms with van der Waals surface area (Å²) >= 11 is 0. The molecule has 0 saturated carbocycles. The lowest BCUT2D eigenvalue weighted by molar-refractivity contribution is 0.0681. The fourth-order valence-electron chi connectivity index (χ4n) is 3.59. The predicted octanol–water partition coefficient (Wildman–Crippen LogP) is 1.53. The van der Waals surface area contributed by atoms with Gasteiger partial charge in [0.25, 0.3) is 5.91 Å². The summed E-state index contributed by atoms with van der Waals surface area (Å²) in [4.78, 5) is 25.4. The molecular formula is C16H22N4O2. The molecule has 3 amide bonds. The summed E-state index contributed by atoms with van der Waals surface area (Å²) in [5, 5.41) is 6.09. The van der Waals surface area contributed by atoms with E-state index in [4.69, 9.17) is 5.73 Å². The number of primary amides is 1. The van der Waals surface area contributed by atoms with Gasteiger partial charge in [-0.2, -0.15) is 0 Å². The summed E-state index contributed by atoms with van der Waals surface area (Å²) in [6, 6.07) is 7.63. The van der Waals surface area contributed by atoms with E-state index in [0.717, 1.165) is 12.8 Å². The number of hydrogen-bond acceptors (Lipinski definition) is 3. The quantitative estimate of drug-likeness (QED) is 0.791. The maximum atomic E-state index is 12.7. The monoisotopic (exact) mass is 302 g/mol. The van der Waals surface area contributed by atoms with Gasteiger partial charge in [-0.25, -0.2) is 4.79 Å². The Morgan fingerprint density at radius 2 is 1.95 bits per heavy atom. The average molecular weight is 302 g/mol. The Bertz CT molecular complexity index is 577. The number of nitrogens with two attached hydrogens (primary N) is 1. The second-order valence-electron chi connectivity index (χ2n) is 6.25. The molecule has 0 aromatic heterocycles. The van der Waals surface area contributed by atoms with Crippen LogP contribution in [-0.4, -0.2) is 42.0 Å². The largest absolute Gasteiger partial charge is 0.351 e. The molecule has 2 bridgehead atoms. The molecule has 1 aromatic rings. The molecule has 2 saturated heterocycles. The van der Waals surface area contributed by atoms with Gasteiger partial charge in [-0.05, 0) is 43.9 Å². The molecule has 2 atom stereocenters. The number of piperidine rings is 1. The lowest BCUT2D eigenvalue weighted by Gasteiger charge is -2.35. The molecule has 118 valence electrons. The van der Waals surface area contributed by atoms with Gasteiger partial charge < -0.3 is 21.3 Å². The van der Waals surface area contributed by atoms with Gasteiger partial charge >= 0.3 is 6.03 Å². The first-order valence-corrected chi connectivity index (χ1v) is 7.72. The molecule has 2 fully saturated rings. The molecule has 1 aromatic carbocycles. The number of nitrogens with zero attached hydrogens (tertiary/aromatic N) is 1. The lowest BCUT2D eigenvalue weighted by Crippen LogP contribution is -2.48. The van der Waals surface area contributed by atoms with Crippen LogP contribution >= 0.6 is 0 Å². The van der Waals surface area contributed by atoms with Crippen LogP contribution in [0.1, 0.15) is 36.0 Å². The number of rotatable bonds is 3. The highest BCUT2D eigenvalue weighted by Crippen LogP contribution is 2.30. The maximum absolute atomic E-state index is 12.7. The number of fused-ring (bicyclic) bond motifs is 2. The third kappa shape index (κ3) is 3.06. The number of amides is 3. The van der Waals surface area contributed by atoms with E-state index in [2.05, 4.69) is 10.6 Å². The van der Waals surface area contributed by atoms with Gasteiger partial charge in [0.2, 0.25) is 0 Å². The van der Waals surface area contributed by atoms with E-state index in [1.54, 1.807) is 24.3 Å². The number of benzene rings is 1. The minimum Gasteiger partial charge on any atom is -0.351 e. The summed E-state index contributed by atoms with van der Waals surface area (Å²) in [7, 11) is 1.87. The number of urea groups is 1. The smallest absolute Gasteiger partial charge is 0.316 e. The van der Waals surface area contributed by atoms with E-state index in [9.17, 15) is 9.59 Å². The Kier molecular flexibility index (Phi) is 4.02. The first kappa shape index (κ1) is 14.8. The number of nitrogens with one attached hydrogen (secondary N) is 2. The van der Waals surface area contributed by atoms with Crippen molar-refractivity contribution in [2.75, 3.05) is 12.4 Å². The molecule has 0 spiro atoms. The molecular weight excluding hydrogens is 280 g/mol. The van der Waals surface area contributed by atoms with Crippen LogP contribution in [0.2, 0.25) is 0 Å². The van der Waals surface area contributed by atoms with Gasteiger partial charge in [0.05, 0.1) is 0 Å². The number of anilines is 1. The molecule has 2 aliphatic rings. The topological polar surface area (TPSA) is 87.5 Å². The van der Waals surface area contributed by atoms with Crippen LogP contribution in [0.25, 0.3) is 0 Å². The molecule has 2 heterocycles. The van der Waals surface area contributed by atoms with Crippen LogP contribution in [-0.2, 0) is 0 Å². The van der Waals surface area contributed by atoms with Crippen molar-refractivity contribution < 1.29 is 9.59 Å². The van der Waals surface area contributed by atoms with Crippen LogP contribution in [0.3, 0.4) is 0 Å². The van der Waals surface area contributed by atoms with Crippen molar-refractivity contribution in [3.63, 3.8) is 0 Å². The van der Waals surface area contributed by atoms with Crippen LogP contribution in [0.15, 0.2) is 24.3 Å². The fraction of sp³-hybridized carbons (Fsp3) is 0.500. The first-order valence-electron chi connectivity index (χ1n) is 7.72. The Labute approximate surface area is 130 Å². The van der Waals surface area contributed by atoms with Gasteiger partial charge in [-0.3, -0.25) is 4.79 Å². The molecule has 22 heavy (non-hydrogen) atoms. The zero-order valence-electron chi connectivity index (χ0n) is 12.7. The Morgan fingerprint density at radius 3 is 2.59 bits per heavy atom. The van der Waals surface area contributed by atoms with Crippen molar-refractivity contribution in [2.24, 2.45) is 5.73 Å². The highest BCUT2D eigenvalue weighted by molar-refractivity contribution is 5.96. The Hall–Kier alpha value is -2.08. The highest BCUT2D eigenvalue weighted by atomic mass is 16.2. The number of carbonyl (C=O) groups excluding carboxylic acids is 2. The van der Waals surface area contributed by atoms with Crippen molar-refractivity contribution in [3.05, 3.63) is 29.8 Å². The second-order valence-corrected chi connectivity index (χ2v) is 6.25. The second kappa shape index (κ2) is 5.96. The lowest BCUT2D eigenvalue weighted by atomic mass is 9.98. The van der Waals surface area contributed by atoms with Gasteiger partial charge in [0.15, 0.2) is 0 Å². The van der Waals surface area contributed by atoms with E-state index >= 15 is 0 Å². The standard InChI is InChI=1S/C16H22N4O2/c1-20(14-8-12-5-6-13(9-14)18-12)15(21)10-3-2-4-11(7-10)19-16(17)22/h2-4,7,12-14,18H,5-6,8-9H2,1H3,(H3,17,19,22). The normalized spacial score (nSPS) is 26.5. The summed E-state index contributed by atoms with van der Waals surface area (Å²) in [6.45, 7) is 0. The molecule has 0 aliphatic carbocycles. The summed E-state index contributed by atoms with van der Waals surface area (Å²) in [6.07, 6.45) is 4.44. The minimum atomic E-state index is -0.632. The highest BCUT2D eigenvalue weighted by Gasteiger charge is 2.36. The van der Waals surface area contributed by atoms with Gasteiger partial charge in [0, 0.05) is 36.4 Å². The minimum absolute atomic E-state index is 0.0144. The number of carbonyl (C=O) groups is 2. The number of hydrogen-bond donors (Lipinski definition) is 3. The fourth-order valence-corrected chi connectivity index (χ4v) is 3.59. The van der Waals surface area contributed by atoms with Crippen LogP contribution < -0.4 is 16.4 Å². The zero-order valence-corrected chi connectivity index (χ0v) is 12.7. The Morgan fingerprint density at radius 1 is 1.27 bits per heavy atom. The molecule has 6 heteroatoms. The summed E-state index contributed by atoms with van der Waals surface area (Å²) in [5.74, 6) is -0.0144. The van der Waals surface area contributed by atoms with Crippen LogP contribution in [0.5, 0.6) is 0 Å². The van der Waals surface area contributed by atoms with Crippen molar-refractivity contribution in [3.8, 4) is 0 Å². The SMILES string of the molecule is CN(C(=O)c1cccc(NC(N)=O)c1)C1CC2CCC(C1)N2. The van der Waals surface area contributed by atoms with E-state index in [1.807, 2.05) is 11.9 Å². The molecule has 2 unspecified atom stereocenters. The summed E-state index contributed by atoms with van der Waals surface area (Å²) < 4.78 is 0. The molecule has 0 radical (unpaired) electrons. The van der Waals surface area contributed by atoms with Crippen molar-refractivity contribution >= 4 is 17.6 Å². The average Bonchev–Trinajstić information content (AvgIpc) is 2.83. The van der Waals surface area contributed by atoms with Crippen molar-refractivity contribution in [2.45, 2.75) is 43.8 Å². The van der Waals surface area contributed by atoms with E-state index < -0.39 is 6.03 Å². The molecule has 2 aliphatic heterocycles. The molecule has 6 nitrogen and oxygen atoms in total. The van der Waals surface area contributed by atoms with Crippen molar-refractivity contribution in [1.82, 2.24) is 10.2 Å². The van der Waals surface area contributed by atoms with E-state index in [-0.39, 0.29) is 11.9 Å².